The maximum Gasteiger partial charge on any atom is 0.177 e. The molecule has 29 heavy (non-hydrogen) atoms. The first-order chi connectivity index (χ1) is 13.8. The van der Waals surface area contributed by atoms with E-state index in [1.54, 1.807) is 18.7 Å². The fraction of sp³-hybridized carbons (Fsp3) is 0.462. The number of benzene rings is 1. The Bertz CT molecular complexity index is 782. The third-order valence-electron chi connectivity index (χ3n) is 4.98. The van der Waals surface area contributed by atoms with Crippen molar-refractivity contribution in [2.75, 3.05) is 0 Å². The molecule has 1 unspecified atom stereocenters. The van der Waals surface area contributed by atoms with Crippen LogP contribution in [0.4, 0.5) is 0 Å². The molecule has 0 amide bonds. The summed E-state index contributed by atoms with van der Waals surface area (Å²) in [6, 6.07) is 8.63. The fourth-order valence-corrected chi connectivity index (χ4v) is 3.75. The molecule has 0 radical (unpaired) electrons. The lowest BCUT2D eigenvalue weighted by Crippen LogP contribution is -2.09. The van der Waals surface area contributed by atoms with Crippen LogP contribution in [0, 0.1) is 5.92 Å². The fourth-order valence-electron chi connectivity index (χ4n) is 3.09. The SMILES string of the molecule is C=CSC(=C(C)C)c1cccc(CC/C=C(\N=C(/C)C(C)CCCC)C(C)=O)c1. The van der Waals surface area contributed by atoms with Gasteiger partial charge in [0, 0.05) is 17.5 Å². The Balaban J connectivity index is 2.91. The number of thioether (sulfide) groups is 1. The molecule has 1 atom stereocenters. The number of carbonyl (C=O) groups excluding carboxylic acids is 1. The summed E-state index contributed by atoms with van der Waals surface area (Å²) in [4.78, 5) is 18.0. The van der Waals surface area contributed by atoms with Crippen LogP contribution in [0.2, 0.25) is 0 Å². The predicted octanol–water partition coefficient (Wildman–Crippen LogP) is 8.01. The van der Waals surface area contributed by atoms with Crippen molar-refractivity contribution in [1.82, 2.24) is 0 Å². The van der Waals surface area contributed by atoms with Crippen LogP contribution in [0.25, 0.3) is 4.91 Å². The third-order valence-corrected chi connectivity index (χ3v) is 6.02. The van der Waals surface area contributed by atoms with Gasteiger partial charge in [0.1, 0.15) is 5.70 Å². The zero-order valence-electron chi connectivity index (χ0n) is 19.0. The van der Waals surface area contributed by atoms with Crippen molar-refractivity contribution < 1.29 is 4.79 Å². The van der Waals surface area contributed by atoms with Crippen LogP contribution < -0.4 is 0 Å². The molecule has 0 spiro atoms. The molecule has 1 aromatic carbocycles. The van der Waals surface area contributed by atoms with Gasteiger partial charge in [0.05, 0.1) is 0 Å². The van der Waals surface area contributed by atoms with E-state index in [-0.39, 0.29) is 5.78 Å². The summed E-state index contributed by atoms with van der Waals surface area (Å²) < 4.78 is 0. The van der Waals surface area contributed by atoms with Crippen molar-refractivity contribution in [2.24, 2.45) is 10.9 Å². The number of Topliss-reactive ketones (excluding diaryl/α,β-unsaturated/α-hetero) is 1. The number of carbonyl (C=O) groups is 1. The standard InChI is InChI=1S/C26H37NOS/c1-8-10-13-20(5)21(6)27-25(22(7)28)17-12-15-23-14-11-16-24(18-23)26(19(3)4)29-9-2/h9,11,14,16-18,20H,2,8,10,12-13,15H2,1,3-7H3/b25-17-,27-21+. The smallest absolute Gasteiger partial charge is 0.177 e. The minimum atomic E-state index is 0.0370. The highest BCUT2D eigenvalue weighted by Gasteiger charge is 2.09. The van der Waals surface area contributed by atoms with Crippen LogP contribution in [0.3, 0.4) is 0 Å². The Labute approximate surface area is 182 Å². The molecule has 2 nitrogen and oxygen atoms in total. The Kier molecular flexibility index (Phi) is 11.6. The van der Waals surface area contributed by atoms with Crippen LogP contribution in [0.15, 0.2) is 58.6 Å². The Morgan fingerprint density at radius 3 is 2.55 bits per heavy atom. The molecule has 0 saturated carbocycles. The van der Waals surface area contributed by atoms with Crippen LogP contribution in [-0.4, -0.2) is 11.5 Å². The lowest BCUT2D eigenvalue weighted by atomic mass is 9.99. The summed E-state index contributed by atoms with van der Waals surface area (Å²) in [5.74, 6) is 0.453. The summed E-state index contributed by atoms with van der Waals surface area (Å²) in [6.45, 7) is 16.1. The van der Waals surface area contributed by atoms with Crippen molar-refractivity contribution in [3.05, 3.63) is 64.7 Å². The van der Waals surface area contributed by atoms with Gasteiger partial charge in [0.25, 0.3) is 0 Å². The van der Waals surface area contributed by atoms with Gasteiger partial charge in [-0.2, -0.15) is 0 Å². The molecule has 1 aromatic rings. The second-order valence-corrected chi connectivity index (χ2v) is 8.77. The lowest BCUT2D eigenvalue weighted by molar-refractivity contribution is -0.113. The monoisotopic (exact) mass is 411 g/mol. The zero-order valence-corrected chi connectivity index (χ0v) is 19.9. The number of unbranched alkanes of at least 4 members (excludes halogenated alkanes) is 1. The molecule has 0 fully saturated rings. The summed E-state index contributed by atoms with van der Waals surface area (Å²) >= 11 is 1.66. The molecule has 0 heterocycles. The van der Waals surface area contributed by atoms with Gasteiger partial charge in [-0.1, -0.05) is 80.9 Å². The van der Waals surface area contributed by atoms with Gasteiger partial charge in [0.2, 0.25) is 0 Å². The first-order valence-electron chi connectivity index (χ1n) is 10.6. The number of allylic oxidation sites excluding steroid dienone is 3. The summed E-state index contributed by atoms with van der Waals surface area (Å²) in [7, 11) is 0. The molecule has 0 aromatic heterocycles. The number of ketones is 1. The highest BCUT2D eigenvalue weighted by molar-refractivity contribution is 8.10. The minimum Gasteiger partial charge on any atom is -0.293 e. The average molecular weight is 412 g/mol. The van der Waals surface area contributed by atoms with Crippen molar-refractivity contribution in [3.63, 3.8) is 0 Å². The molecule has 1 rings (SSSR count). The van der Waals surface area contributed by atoms with Gasteiger partial charge in [-0.15, -0.1) is 0 Å². The largest absolute Gasteiger partial charge is 0.293 e. The maximum atomic E-state index is 12.1. The molecular formula is C26H37NOS. The van der Waals surface area contributed by atoms with Gasteiger partial charge in [-0.25, -0.2) is 0 Å². The minimum absolute atomic E-state index is 0.0370. The second kappa shape index (κ2) is 13.4. The number of aryl methyl sites for hydroxylation is 1. The maximum absolute atomic E-state index is 12.1. The molecule has 0 aliphatic carbocycles. The van der Waals surface area contributed by atoms with Gasteiger partial charge in [0.15, 0.2) is 5.78 Å². The van der Waals surface area contributed by atoms with E-state index in [0.29, 0.717) is 11.6 Å². The summed E-state index contributed by atoms with van der Waals surface area (Å²) in [6.07, 6.45) is 7.19. The van der Waals surface area contributed by atoms with E-state index in [1.165, 1.54) is 34.4 Å². The van der Waals surface area contributed by atoms with E-state index < -0.39 is 0 Å². The molecule has 158 valence electrons. The van der Waals surface area contributed by atoms with E-state index in [4.69, 9.17) is 0 Å². The molecule has 3 heteroatoms. The van der Waals surface area contributed by atoms with Crippen molar-refractivity contribution in [1.29, 1.82) is 0 Å². The molecular weight excluding hydrogens is 374 g/mol. The molecule has 0 N–H and O–H groups in total. The summed E-state index contributed by atoms with van der Waals surface area (Å²) in [5, 5.41) is 1.87. The Hall–Kier alpha value is -1.87. The first kappa shape index (κ1) is 25.2. The molecule has 0 aliphatic rings. The van der Waals surface area contributed by atoms with E-state index >= 15 is 0 Å². The van der Waals surface area contributed by atoms with Crippen LogP contribution in [0.1, 0.15) is 78.4 Å². The van der Waals surface area contributed by atoms with Crippen LogP contribution in [0.5, 0.6) is 0 Å². The second-order valence-electron chi connectivity index (χ2n) is 7.79. The number of rotatable bonds is 12. The zero-order chi connectivity index (χ0) is 21.8. The highest BCUT2D eigenvalue weighted by Crippen LogP contribution is 2.31. The number of hydrogen-bond donors (Lipinski definition) is 0. The topological polar surface area (TPSA) is 29.4 Å². The molecule has 0 aliphatic heterocycles. The average Bonchev–Trinajstić information content (AvgIpc) is 2.69. The highest BCUT2D eigenvalue weighted by atomic mass is 32.2. The molecule has 0 bridgehead atoms. The van der Waals surface area contributed by atoms with Gasteiger partial charge in [-0.3, -0.25) is 9.79 Å². The van der Waals surface area contributed by atoms with Crippen LogP contribution in [-0.2, 0) is 11.2 Å². The van der Waals surface area contributed by atoms with Crippen molar-refractivity contribution in [2.45, 2.75) is 73.6 Å². The third kappa shape index (κ3) is 8.99. The summed E-state index contributed by atoms with van der Waals surface area (Å²) in [5.41, 5.74) is 5.42. The number of aliphatic imine (C=N–C) groups is 1. The van der Waals surface area contributed by atoms with E-state index in [9.17, 15) is 4.79 Å². The van der Waals surface area contributed by atoms with Crippen molar-refractivity contribution >= 4 is 28.2 Å². The number of hydrogen-bond acceptors (Lipinski definition) is 3. The van der Waals surface area contributed by atoms with Gasteiger partial charge < -0.3 is 0 Å². The first-order valence-corrected chi connectivity index (χ1v) is 11.5. The van der Waals surface area contributed by atoms with Gasteiger partial charge in [-0.05, 0) is 62.5 Å². The van der Waals surface area contributed by atoms with Crippen molar-refractivity contribution in [3.8, 4) is 0 Å². The van der Waals surface area contributed by atoms with E-state index in [2.05, 4.69) is 63.5 Å². The van der Waals surface area contributed by atoms with E-state index in [1.807, 2.05) is 18.4 Å². The quantitative estimate of drug-likeness (QED) is 0.257. The predicted molar refractivity (Wildman–Crippen MR) is 131 cm³/mol. The Morgan fingerprint density at radius 2 is 1.97 bits per heavy atom. The van der Waals surface area contributed by atoms with Crippen LogP contribution >= 0.6 is 11.8 Å². The number of nitrogens with zero attached hydrogens (tertiary/aromatic N) is 1. The Morgan fingerprint density at radius 1 is 1.24 bits per heavy atom. The van der Waals surface area contributed by atoms with Gasteiger partial charge >= 0.3 is 0 Å². The van der Waals surface area contributed by atoms with E-state index in [0.717, 1.165) is 25.0 Å². The lowest BCUT2D eigenvalue weighted by Gasteiger charge is -2.11. The normalized spacial score (nSPS) is 13.2. The molecule has 0 saturated heterocycles.